The van der Waals surface area contributed by atoms with E-state index in [0.29, 0.717) is 30.6 Å². The molecule has 2 aromatic carbocycles. The minimum atomic E-state index is -0.493. The zero-order valence-corrected chi connectivity index (χ0v) is 17.5. The SMILES string of the molecule is COc1cc(/C=C2\CN(Cc3ccccc3)CCC2=O)cc([N+](=O)[O-])c1OC(C)C. The lowest BCUT2D eigenvalue weighted by Gasteiger charge is -2.28. The van der Waals surface area contributed by atoms with Crippen molar-refractivity contribution in [1.82, 2.24) is 4.90 Å². The van der Waals surface area contributed by atoms with E-state index in [-0.39, 0.29) is 29.1 Å². The van der Waals surface area contributed by atoms with Gasteiger partial charge in [0.25, 0.3) is 0 Å². The zero-order chi connectivity index (χ0) is 21.7. The van der Waals surface area contributed by atoms with Gasteiger partial charge in [0.2, 0.25) is 5.75 Å². The predicted octanol–water partition coefficient (Wildman–Crippen LogP) is 4.25. The number of nitrogens with zero attached hydrogens (tertiary/aromatic N) is 2. The van der Waals surface area contributed by atoms with Crippen LogP contribution in [0.1, 0.15) is 31.4 Å². The first-order valence-corrected chi connectivity index (χ1v) is 9.90. The normalized spacial score (nSPS) is 16.1. The van der Waals surface area contributed by atoms with Crippen LogP contribution in [0, 0.1) is 10.1 Å². The molecular weight excluding hydrogens is 384 g/mol. The molecule has 1 heterocycles. The summed E-state index contributed by atoms with van der Waals surface area (Å²) in [6, 6.07) is 13.2. The van der Waals surface area contributed by atoms with Crippen LogP contribution in [0.3, 0.4) is 0 Å². The summed E-state index contributed by atoms with van der Waals surface area (Å²) in [4.78, 5) is 25.8. The van der Waals surface area contributed by atoms with Crippen LogP contribution in [0.25, 0.3) is 6.08 Å². The maximum absolute atomic E-state index is 12.5. The lowest BCUT2D eigenvalue weighted by Crippen LogP contribution is -2.35. The van der Waals surface area contributed by atoms with Crippen LogP contribution in [-0.2, 0) is 11.3 Å². The summed E-state index contributed by atoms with van der Waals surface area (Å²) in [5, 5.41) is 11.6. The third-order valence-corrected chi connectivity index (χ3v) is 4.82. The van der Waals surface area contributed by atoms with Crippen LogP contribution in [0.15, 0.2) is 48.0 Å². The Hall–Kier alpha value is -3.19. The van der Waals surface area contributed by atoms with E-state index in [2.05, 4.69) is 17.0 Å². The van der Waals surface area contributed by atoms with Gasteiger partial charge in [0.05, 0.1) is 18.1 Å². The van der Waals surface area contributed by atoms with E-state index in [9.17, 15) is 14.9 Å². The highest BCUT2D eigenvalue weighted by Gasteiger charge is 2.25. The highest BCUT2D eigenvalue weighted by molar-refractivity contribution is 6.00. The first kappa shape index (κ1) is 21.5. The Bertz CT molecular complexity index is 954. The number of nitro groups is 1. The number of benzene rings is 2. The Kier molecular flexibility index (Phi) is 6.84. The fourth-order valence-corrected chi connectivity index (χ4v) is 3.47. The predicted molar refractivity (Wildman–Crippen MR) is 115 cm³/mol. The third kappa shape index (κ3) is 5.24. The van der Waals surface area contributed by atoms with Crippen molar-refractivity contribution in [1.29, 1.82) is 0 Å². The van der Waals surface area contributed by atoms with Crippen LogP contribution in [0.5, 0.6) is 11.5 Å². The van der Waals surface area contributed by atoms with Gasteiger partial charge in [0.1, 0.15) is 0 Å². The van der Waals surface area contributed by atoms with Gasteiger partial charge in [-0.05, 0) is 37.1 Å². The van der Waals surface area contributed by atoms with E-state index in [1.54, 1.807) is 26.0 Å². The fraction of sp³-hybridized carbons (Fsp3) is 0.348. The van der Waals surface area contributed by atoms with E-state index in [4.69, 9.17) is 9.47 Å². The van der Waals surface area contributed by atoms with Crippen molar-refractivity contribution >= 4 is 17.5 Å². The standard InChI is InChI=1S/C23H26N2O5/c1-16(2)30-23-20(25(27)28)12-18(13-22(23)29-3)11-19-15-24(10-9-21(19)26)14-17-7-5-4-6-8-17/h4-8,11-13,16H,9-10,14-15H2,1-3H3/b19-11+. The van der Waals surface area contributed by atoms with Gasteiger partial charge in [-0.2, -0.15) is 0 Å². The van der Waals surface area contributed by atoms with E-state index in [0.717, 1.165) is 6.54 Å². The van der Waals surface area contributed by atoms with Gasteiger partial charge in [-0.25, -0.2) is 0 Å². The molecule has 1 fully saturated rings. The molecule has 0 unspecified atom stereocenters. The Morgan fingerprint density at radius 1 is 1.23 bits per heavy atom. The number of carbonyl (C=O) groups excluding carboxylic acids is 1. The van der Waals surface area contributed by atoms with Gasteiger partial charge < -0.3 is 9.47 Å². The number of hydrogen-bond donors (Lipinski definition) is 0. The average Bonchev–Trinajstić information content (AvgIpc) is 2.71. The maximum atomic E-state index is 12.5. The number of rotatable bonds is 7. The van der Waals surface area contributed by atoms with E-state index in [1.165, 1.54) is 18.7 Å². The molecule has 0 bridgehead atoms. The largest absolute Gasteiger partial charge is 0.493 e. The Morgan fingerprint density at radius 2 is 1.97 bits per heavy atom. The summed E-state index contributed by atoms with van der Waals surface area (Å²) in [5.41, 5.74) is 2.17. The quantitative estimate of drug-likeness (QED) is 0.386. The summed E-state index contributed by atoms with van der Waals surface area (Å²) in [5.74, 6) is 0.429. The van der Waals surface area contributed by atoms with Crippen molar-refractivity contribution < 1.29 is 19.2 Å². The minimum absolute atomic E-state index is 0.0587. The Labute approximate surface area is 176 Å². The Morgan fingerprint density at radius 3 is 2.60 bits per heavy atom. The van der Waals surface area contributed by atoms with E-state index < -0.39 is 4.92 Å². The molecule has 1 saturated heterocycles. The second kappa shape index (κ2) is 9.54. The number of Topliss-reactive ketones (excluding diaryl/α,β-unsaturated/α-hetero) is 1. The maximum Gasteiger partial charge on any atom is 0.315 e. The molecule has 2 aromatic rings. The van der Waals surface area contributed by atoms with Gasteiger partial charge in [-0.1, -0.05) is 30.3 Å². The number of ketones is 1. The first-order valence-electron chi connectivity index (χ1n) is 9.90. The molecule has 0 saturated carbocycles. The molecule has 3 rings (SSSR count). The van der Waals surface area contributed by atoms with Crippen LogP contribution >= 0.6 is 0 Å². The molecule has 0 N–H and O–H groups in total. The van der Waals surface area contributed by atoms with Gasteiger partial charge in [0.15, 0.2) is 11.5 Å². The number of nitro benzene ring substituents is 1. The first-order chi connectivity index (χ1) is 14.4. The van der Waals surface area contributed by atoms with Crippen LogP contribution in [-0.4, -0.2) is 41.9 Å². The highest BCUT2D eigenvalue weighted by atomic mass is 16.6. The van der Waals surface area contributed by atoms with Crippen LogP contribution in [0.4, 0.5) is 5.69 Å². The lowest BCUT2D eigenvalue weighted by molar-refractivity contribution is -0.386. The summed E-state index contributed by atoms with van der Waals surface area (Å²) in [7, 11) is 1.44. The fourth-order valence-electron chi connectivity index (χ4n) is 3.47. The summed E-state index contributed by atoms with van der Waals surface area (Å²) in [6.07, 6.45) is 1.90. The van der Waals surface area contributed by atoms with E-state index in [1.807, 2.05) is 18.2 Å². The second-order valence-corrected chi connectivity index (χ2v) is 7.53. The molecule has 30 heavy (non-hydrogen) atoms. The molecule has 158 valence electrons. The van der Waals surface area contributed by atoms with Crippen LogP contribution < -0.4 is 9.47 Å². The van der Waals surface area contributed by atoms with Crippen molar-refractivity contribution in [3.63, 3.8) is 0 Å². The van der Waals surface area contributed by atoms with Crippen molar-refractivity contribution in [2.24, 2.45) is 0 Å². The number of hydrogen-bond acceptors (Lipinski definition) is 6. The van der Waals surface area contributed by atoms with Crippen LogP contribution in [0.2, 0.25) is 0 Å². The number of likely N-dealkylation sites (tertiary alicyclic amines) is 1. The molecule has 0 atom stereocenters. The smallest absolute Gasteiger partial charge is 0.315 e. The number of carbonyl (C=O) groups is 1. The molecule has 7 nitrogen and oxygen atoms in total. The molecule has 0 spiro atoms. The molecule has 0 amide bonds. The molecule has 0 aliphatic carbocycles. The molecule has 1 aliphatic heterocycles. The molecule has 7 heteroatoms. The van der Waals surface area contributed by atoms with Crippen molar-refractivity contribution in [2.75, 3.05) is 20.2 Å². The van der Waals surface area contributed by atoms with Gasteiger partial charge in [-0.15, -0.1) is 0 Å². The molecule has 1 aliphatic rings. The monoisotopic (exact) mass is 410 g/mol. The van der Waals surface area contributed by atoms with Gasteiger partial charge in [-0.3, -0.25) is 19.8 Å². The molecule has 0 radical (unpaired) electrons. The van der Waals surface area contributed by atoms with Crippen molar-refractivity contribution in [3.05, 3.63) is 69.3 Å². The average molecular weight is 410 g/mol. The van der Waals surface area contributed by atoms with E-state index >= 15 is 0 Å². The van der Waals surface area contributed by atoms with Gasteiger partial charge in [0, 0.05) is 37.7 Å². The topological polar surface area (TPSA) is 81.9 Å². The van der Waals surface area contributed by atoms with Crippen molar-refractivity contribution in [2.45, 2.75) is 32.9 Å². The minimum Gasteiger partial charge on any atom is -0.493 e. The lowest BCUT2D eigenvalue weighted by atomic mass is 9.99. The zero-order valence-electron chi connectivity index (χ0n) is 17.5. The number of piperidine rings is 1. The number of ether oxygens (including phenoxy) is 2. The summed E-state index contributed by atoms with van der Waals surface area (Å²) in [6.45, 7) is 5.52. The second-order valence-electron chi connectivity index (χ2n) is 7.53. The highest BCUT2D eigenvalue weighted by Crippen LogP contribution is 2.39. The third-order valence-electron chi connectivity index (χ3n) is 4.82. The van der Waals surface area contributed by atoms with Gasteiger partial charge >= 0.3 is 5.69 Å². The molecular formula is C23H26N2O5. The summed E-state index contributed by atoms with van der Waals surface area (Å²) >= 11 is 0. The Balaban J connectivity index is 1.90. The summed E-state index contributed by atoms with van der Waals surface area (Å²) < 4.78 is 11.0. The number of methoxy groups -OCH3 is 1. The molecule has 0 aromatic heterocycles. The van der Waals surface area contributed by atoms with Crippen molar-refractivity contribution in [3.8, 4) is 11.5 Å².